The van der Waals surface area contributed by atoms with Crippen molar-refractivity contribution in [1.29, 1.82) is 5.26 Å². The summed E-state index contributed by atoms with van der Waals surface area (Å²) < 4.78 is 0. The third kappa shape index (κ3) is 4.70. The average molecular weight is 349 g/mol. The minimum Gasteiger partial charge on any atom is -0.332 e. The van der Waals surface area contributed by atoms with E-state index in [4.69, 9.17) is 28.5 Å². The molecule has 0 saturated heterocycles. The monoisotopic (exact) mass is 348 g/mol. The normalized spacial score (nSPS) is 11.6. The van der Waals surface area contributed by atoms with Gasteiger partial charge in [0.05, 0.1) is 10.6 Å². The molecular formula is C17H16Cl2N3O+. The molecule has 0 heterocycles. The summed E-state index contributed by atoms with van der Waals surface area (Å²) in [6.07, 6.45) is 0. The largest absolute Gasteiger partial charge is 0.332 e. The van der Waals surface area contributed by atoms with Crippen LogP contribution in [0.15, 0.2) is 42.5 Å². The molecule has 1 atom stereocenters. The number of nitrogens with two attached hydrogens (primary N) is 1. The maximum Gasteiger partial charge on any atom is 0.279 e. The molecule has 23 heavy (non-hydrogen) atoms. The molecule has 6 heteroatoms. The van der Waals surface area contributed by atoms with Gasteiger partial charge in [-0.15, -0.1) is 0 Å². The fraction of sp³-hybridized carbons (Fsp3) is 0.176. The van der Waals surface area contributed by atoms with E-state index in [1.165, 1.54) is 0 Å². The zero-order valence-electron chi connectivity index (χ0n) is 12.5. The second-order valence-electron chi connectivity index (χ2n) is 5.10. The topological polar surface area (TPSA) is 69.5 Å². The van der Waals surface area contributed by atoms with Crippen LogP contribution >= 0.6 is 23.2 Å². The van der Waals surface area contributed by atoms with Gasteiger partial charge in [0.25, 0.3) is 5.91 Å². The average Bonchev–Trinajstić information content (AvgIpc) is 2.53. The first-order valence-electron chi connectivity index (χ1n) is 7.08. The predicted octanol–water partition coefficient (Wildman–Crippen LogP) is 3.13. The lowest BCUT2D eigenvalue weighted by atomic mass is 10.1. The second-order valence-corrected chi connectivity index (χ2v) is 5.92. The number of nitrogens with zero attached hydrogens (tertiary/aromatic N) is 1. The van der Waals surface area contributed by atoms with E-state index in [-0.39, 0.29) is 18.5 Å². The number of nitrogens with one attached hydrogen (secondary N) is 1. The molecule has 0 aliphatic heterocycles. The van der Waals surface area contributed by atoms with Crippen molar-refractivity contribution in [3.8, 4) is 6.07 Å². The smallest absolute Gasteiger partial charge is 0.279 e. The van der Waals surface area contributed by atoms with Crippen molar-refractivity contribution in [2.24, 2.45) is 0 Å². The number of amides is 1. The standard InChI is InChI=1S/C17H15Cl2N3O/c1-11(14-4-2-3-5-15(14)18)21-10-17(23)22-13-7-6-12(9-20)16(19)8-13/h2-8,11,21H,10H2,1H3,(H,22,23)/p+1/t11-/m1/s1. The highest BCUT2D eigenvalue weighted by Crippen LogP contribution is 2.20. The van der Waals surface area contributed by atoms with Crippen LogP contribution < -0.4 is 10.6 Å². The first kappa shape index (κ1) is 17.3. The molecule has 1 amide bonds. The number of quaternary nitrogens is 1. The van der Waals surface area contributed by atoms with Gasteiger partial charge in [-0.1, -0.05) is 41.4 Å². The van der Waals surface area contributed by atoms with Crippen molar-refractivity contribution >= 4 is 34.8 Å². The van der Waals surface area contributed by atoms with E-state index in [0.29, 0.717) is 21.3 Å². The number of carbonyl (C=O) groups is 1. The van der Waals surface area contributed by atoms with Gasteiger partial charge in [0, 0.05) is 16.3 Å². The van der Waals surface area contributed by atoms with E-state index >= 15 is 0 Å². The molecule has 3 N–H and O–H groups in total. The minimum atomic E-state index is -0.148. The molecule has 2 rings (SSSR count). The Morgan fingerprint density at radius 3 is 2.65 bits per heavy atom. The molecular weight excluding hydrogens is 333 g/mol. The van der Waals surface area contributed by atoms with Gasteiger partial charge in [-0.05, 0) is 31.2 Å². The van der Waals surface area contributed by atoms with Crippen molar-refractivity contribution in [3.63, 3.8) is 0 Å². The van der Waals surface area contributed by atoms with Crippen molar-refractivity contribution in [2.45, 2.75) is 13.0 Å². The van der Waals surface area contributed by atoms with Crippen molar-refractivity contribution < 1.29 is 10.1 Å². The molecule has 0 radical (unpaired) electrons. The van der Waals surface area contributed by atoms with Crippen LogP contribution in [0.3, 0.4) is 0 Å². The molecule has 2 aromatic rings. The molecule has 118 valence electrons. The number of rotatable bonds is 5. The Labute approximate surface area is 145 Å². The fourth-order valence-corrected chi connectivity index (χ4v) is 2.68. The van der Waals surface area contributed by atoms with Crippen molar-refractivity contribution in [2.75, 3.05) is 11.9 Å². The lowest BCUT2D eigenvalue weighted by molar-refractivity contribution is -0.682. The van der Waals surface area contributed by atoms with E-state index in [1.807, 2.05) is 42.6 Å². The zero-order chi connectivity index (χ0) is 16.8. The molecule has 0 aliphatic rings. The Morgan fingerprint density at radius 1 is 1.26 bits per heavy atom. The summed E-state index contributed by atoms with van der Waals surface area (Å²) in [5, 5.41) is 14.5. The van der Waals surface area contributed by atoms with Gasteiger partial charge in [-0.25, -0.2) is 0 Å². The van der Waals surface area contributed by atoms with Crippen LogP contribution in [-0.2, 0) is 4.79 Å². The van der Waals surface area contributed by atoms with Gasteiger partial charge in [-0.3, -0.25) is 4.79 Å². The number of hydrogen-bond acceptors (Lipinski definition) is 2. The predicted molar refractivity (Wildman–Crippen MR) is 91.5 cm³/mol. The van der Waals surface area contributed by atoms with Crippen LogP contribution in [0.1, 0.15) is 24.1 Å². The lowest BCUT2D eigenvalue weighted by Gasteiger charge is -2.12. The summed E-state index contributed by atoms with van der Waals surface area (Å²) in [4.78, 5) is 12.0. The molecule has 0 fully saturated rings. The first-order chi connectivity index (χ1) is 11.0. The maximum absolute atomic E-state index is 12.0. The number of anilines is 1. The number of hydrogen-bond donors (Lipinski definition) is 2. The quantitative estimate of drug-likeness (QED) is 0.871. The highest BCUT2D eigenvalue weighted by molar-refractivity contribution is 6.32. The number of halogens is 2. The van der Waals surface area contributed by atoms with Crippen LogP contribution in [0.5, 0.6) is 0 Å². The lowest BCUT2D eigenvalue weighted by Crippen LogP contribution is -2.86. The second kappa shape index (κ2) is 7.98. The zero-order valence-corrected chi connectivity index (χ0v) is 14.0. The number of benzene rings is 2. The van der Waals surface area contributed by atoms with Crippen molar-refractivity contribution in [1.82, 2.24) is 0 Å². The van der Waals surface area contributed by atoms with Gasteiger partial charge < -0.3 is 10.6 Å². The Balaban J connectivity index is 1.92. The molecule has 0 unspecified atom stereocenters. The van der Waals surface area contributed by atoms with Crippen LogP contribution in [-0.4, -0.2) is 12.5 Å². The van der Waals surface area contributed by atoms with Crippen LogP contribution in [0.2, 0.25) is 10.0 Å². The highest BCUT2D eigenvalue weighted by atomic mass is 35.5. The van der Waals surface area contributed by atoms with Gasteiger partial charge in [0.1, 0.15) is 12.1 Å². The fourth-order valence-electron chi connectivity index (χ4n) is 2.15. The summed E-state index contributed by atoms with van der Waals surface area (Å²) in [6.45, 7) is 2.25. The van der Waals surface area contributed by atoms with Crippen molar-refractivity contribution in [3.05, 3.63) is 63.6 Å². The van der Waals surface area contributed by atoms with Crippen LogP contribution in [0.4, 0.5) is 5.69 Å². The highest BCUT2D eigenvalue weighted by Gasteiger charge is 2.14. The SMILES string of the molecule is C[C@@H]([NH2+]CC(=O)Nc1ccc(C#N)c(Cl)c1)c1ccccc1Cl. The Morgan fingerprint density at radius 2 is 2.00 bits per heavy atom. The van der Waals surface area contributed by atoms with Gasteiger partial charge in [-0.2, -0.15) is 5.26 Å². The van der Waals surface area contributed by atoms with Crippen LogP contribution in [0, 0.1) is 11.3 Å². The maximum atomic E-state index is 12.0. The molecule has 0 bridgehead atoms. The van der Waals surface area contributed by atoms with E-state index in [2.05, 4.69) is 5.32 Å². The third-order valence-corrected chi connectivity index (χ3v) is 4.08. The van der Waals surface area contributed by atoms with E-state index in [0.717, 1.165) is 5.56 Å². The van der Waals surface area contributed by atoms with Crippen LogP contribution in [0.25, 0.3) is 0 Å². The molecule has 2 aromatic carbocycles. The molecule has 0 spiro atoms. The van der Waals surface area contributed by atoms with Gasteiger partial charge in [0.15, 0.2) is 6.54 Å². The summed E-state index contributed by atoms with van der Waals surface area (Å²) in [7, 11) is 0. The molecule has 0 aliphatic carbocycles. The minimum absolute atomic E-state index is 0.0685. The molecule has 0 saturated carbocycles. The Bertz CT molecular complexity index is 756. The number of nitriles is 1. The summed E-state index contributed by atoms with van der Waals surface area (Å²) >= 11 is 12.1. The summed E-state index contributed by atoms with van der Waals surface area (Å²) in [5.41, 5.74) is 1.93. The first-order valence-corrected chi connectivity index (χ1v) is 7.84. The van der Waals surface area contributed by atoms with E-state index < -0.39 is 0 Å². The number of carbonyl (C=O) groups excluding carboxylic acids is 1. The Kier molecular flexibility index (Phi) is 6.00. The summed E-state index contributed by atoms with van der Waals surface area (Å²) in [6, 6.07) is 14.4. The molecule has 4 nitrogen and oxygen atoms in total. The third-order valence-electron chi connectivity index (χ3n) is 3.43. The molecule has 0 aromatic heterocycles. The van der Waals surface area contributed by atoms with Gasteiger partial charge in [0.2, 0.25) is 0 Å². The van der Waals surface area contributed by atoms with E-state index in [1.54, 1.807) is 18.2 Å². The van der Waals surface area contributed by atoms with Gasteiger partial charge >= 0.3 is 0 Å². The van der Waals surface area contributed by atoms with E-state index in [9.17, 15) is 4.79 Å². The Hall–Kier alpha value is -2.06. The summed E-state index contributed by atoms with van der Waals surface area (Å²) in [5.74, 6) is -0.148.